The zero-order chi connectivity index (χ0) is 17.9. The van der Waals surface area contributed by atoms with E-state index in [2.05, 4.69) is 31.0 Å². The van der Waals surface area contributed by atoms with Crippen LogP contribution in [-0.2, 0) is 4.79 Å². The number of benzene rings is 1. The lowest BCUT2D eigenvalue weighted by molar-refractivity contribution is -0.124. The summed E-state index contributed by atoms with van der Waals surface area (Å²) in [5.41, 5.74) is 1.51. The molecule has 130 valence electrons. The molecule has 0 aliphatic rings. The third-order valence-corrected chi connectivity index (χ3v) is 4.08. The highest BCUT2D eigenvalue weighted by atomic mass is 16.2. The van der Waals surface area contributed by atoms with Crippen LogP contribution < -0.4 is 5.32 Å². The molecule has 26 heavy (non-hydrogen) atoms. The average Bonchev–Trinajstić information content (AvgIpc) is 3.32. The van der Waals surface area contributed by atoms with Gasteiger partial charge in [-0.1, -0.05) is 36.4 Å². The van der Waals surface area contributed by atoms with Gasteiger partial charge in [0.1, 0.15) is 6.33 Å². The minimum absolute atomic E-state index is 0.233. The molecule has 0 bridgehead atoms. The Morgan fingerprint density at radius 1 is 1.08 bits per heavy atom. The maximum absolute atomic E-state index is 13.0. The molecule has 2 atom stereocenters. The molecule has 9 heteroatoms. The first-order valence-corrected chi connectivity index (χ1v) is 8.11. The van der Waals surface area contributed by atoms with Crippen LogP contribution in [0.5, 0.6) is 0 Å². The van der Waals surface area contributed by atoms with Gasteiger partial charge < -0.3 is 5.32 Å². The van der Waals surface area contributed by atoms with Gasteiger partial charge in [-0.15, -0.1) is 15.3 Å². The zero-order valence-electron chi connectivity index (χ0n) is 14.0. The average molecular weight is 348 g/mol. The van der Waals surface area contributed by atoms with Gasteiger partial charge in [-0.05, 0) is 35.0 Å². The summed E-state index contributed by atoms with van der Waals surface area (Å²) in [4.78, 5) is 13.0. The molecule has 1 amide bonds. The number of tetrazole rings is 1. The molecule has 4 aromatic rings. The van der Waals surface area contributed by atoms with E-state index in [1.54, 1.807) is 0 Å². The first kappa shape index (κ1) is 15.9. The molecule has 0 saturated carbocycles. The van der Waals surface area contributed by atoms with Crippen LogP contribution in [0.15, 0.2) is 61.1 Å². The van der Waals surface area contributed by atoms with Crippen molar-refractivity contribution in [1.82, 2.24) is 40.1 Å². The van der Waals surface area contributed by atoms with Crippen LogP contribution in [0.4, 0.5) is 0 Å². The van der Waals surface area contributed by atoms with Gasteiger partial charge in [0.15, 0.2) is 17.5 Å². The van der Waals surface area contributed by atoms with Gasteiger partial charge in [-0.3, -0.25) is 9.20 Å². The van der Waals surface area contributed by atoms with E-state index < -0.39 is 6.04 Å². The minimum atomic E-state index is -0.673. The smallest absolute Gasteiger partial charge is 0.250 e. The van der Waals surface area contributed by atoms with Gasteiger partial charge in [-0.2, -0.15) is 0 Å². The Hall–Kier alpha value is -3.62. The van der Waals surface area contributed by atoms with Gasteiger partial charge in [0.2, 0.25) is 5.91 Å². The number of fused-ring (bicyclic) bond motifs is 1. The van der Waals surface area contributed by atoms with Crippen molar-refractivity contribution in [2.24, 2.45) is 0 Å². The second-order valence-corrected chi connectivity index (χ2v) is 5.82. The molecule has 4 rings (SSSR count). The summed E-state index contributed by atoms with van der Waals surface area (Å²) >= 11 is 0. The summed E-state index contributed by atoms with van der Waals surface area (Å²) in [5.74, 6) is 0.418. The molecule has 1 N–H and O–H groups in total. The summed E-state index contributed by atoms with van der Waals surface area (Å²) in [5, 5.41) is 22.5. The van der Waals surface area contributed by atoms with E-state index in [4.69, 9.17) is 0 Å². The standard InChI is InChI=1S/C17H16N8O/c1-12(16-21-20-14-9-5-6-10-24(14)16)19-17(26)15(25-11-18-22-23-25)13-7-3-2-4-8-13/h2-12,15H,1H3,(H,19,26)/t12-,15+/m0/s1. The maximum atomic E-state index is 13.0. The number of nitrogens with zero attached hydrogens (tertiary/aromatic N) is 7. The van der Waals surface area contributed by atoms with E-state index in [0.29, 0.717) is 5.82 Å². The highest BCUT2D eigenvalue weighted by Crippen LogP contribution is 2.19. The summed E-state index contributed by atoms with van der Waals surface area (Å²) in [7, 11) is 0. The third kappa shape index (κ3) is 2.90. The molecule has 3 aromatic heterocycles. The van der Waals surface area contributed by atoms with Crippen LogP contribution in [0.1, 0.15) is 30.4 Å². The van der Waals surface area contributed by atoms with Crippen LogP contribution in [-0.4, -0.2) is 40.7 Å². The molecule has 1 aromatic carbocycles. The number of hydrogen-bond donors (Lipinski definition) is 1. The van der Waals surface area contributed by atoms with E-state index in [1.807, 2.05) is 66.1 Å². The van der Waals surface area contributed by atoms with Crippen LogP contribution >= 0.6 is 0 Å². The number of aromatic nitrogens is 7. The quantitative estimate of drug-likeness (QED) is 0.581. The lowest BCUT2D eigenvalue weighted by Crippen LogP contribution is -2.36. The van der Waals surface area contributed by atoms with Crippen LogP contribution in [0.25, 0.3) is 5.65 Å². The third-order valence-electron chi connectivity index (χ3n) is 4.08. The number of rotatable bonds is 5. The number of carbonyl (C=O) groups excluding carboxylic acids is 1. The fourth-order valence-electron chi connectivity index (χ4n) is 2.86. The number of amides is 1. The lowest BCUT2D eigenvalue weighted by atomic mass is 10.1. The number of nitrogens with one attached hydrogen (secondary N) is 1. The van der Waals surface area contributed by atoms with Crippen LogP contribution in [0.2, 0.25) is 0 Å². The number of hydrogen-bond acceptors (Lipinski definition) is 6. The SMILES string of the molecule is C[C@H](NC(=O)[C@@H](c1ccccc1)n1cnnn1)c1nnc2ccccn12. The Bertz CT molecular complexity index is 1010. The van der Waals surface area contributed by atoms with Crippen molar-refractivity contribution in [2.45, 2.75) is 19.0 Å². The molecule has 0 fully saturated rings. The van der Waals surface area contributed by atoms with Crippen molar-refractivity contribution in [2.75, 3.05) is 0 Å². The second kappa shape index (κ2) is 6.71. The van der Waals surface area contributed by atoms with E-state index in [1.165, 1.54) is 11.0 Å². The maximum Gasteiger partial charge on any atom is 0.250 e. The van der Waals surface area contributed by atoms with Crippen LogP contribution in [0.3, 0.4) is 0 Å². The molecule has 0 aliphatic heterocycles. The van der Waals surface area contributed by atoms with E-state index in [9.17, 15) is 4.79 Å². The van der Waals surface area contributed by atoms with Gasteiger partial charge in [0, 0.05) is 6.20 Å². The Balaban J connectivity index is 1.62. The summed E-state index contributed by atoms with van der Waals surface area (Å²) in [6, 6.07) is 14.0. The van der Waals surface area contributed by atoms with E-state index >= 15 is 0 Å². The fourth-order valence-corrected chi connectivity index (χ4v) is 2.86. The summed E-state index contributed by atoms with van der Waals surface area (Å²) in [6.45, 7) is 1.86. The van der Waals surface area contributed by atoms with Crippen molar-refractivity contribution >= 4 is 11.6 Å². The van der Waals surface area contributed by atoms with Gasteiger partial charge in [0.25, 0.3) is 0 Å². The molecular weight excluding hydrogens is 332 g/mol. The molecular formula is C17H16N8O. The highest BCUT2D eigenvalue weighted by molar-refractivity contribution is 5.83. The zero-order valence-corrected chi connectivity index (χ0v) is 14.0. The predicted molar refractivity (Wildman–Crippen MR) is 91.9 cm³/mol. The summed E-state index contributed by atoms with van der Waals surface area (Å²) in [6.07, 6.45) is 3.29. The van der Waals surface area contributed by atoms with E-state index in [-0.39, 0.29) is 11.9 Å². The molecule has 0 radical (unpaired) electrons. The molecule has 0 aliphatic carbocycles. The highest BCUT2D eigenvalue weighted by Gasteiger charge is 2.26. The molecule has 0 saturated heterocycles. The topological polar surface area (TPSA) is 103 Å². The molecule has 0 unspecified atom stereocenters. The van der Waals surface area contributed by atoms with Crippen molar-refractivity contribution in [3.8, 4) is 0 Å². The molecule has 3 heterocycles. The summed E-state index contributed by atoms with van der Waals surface area (Å²) < 4.78 is 3.28. The van der Waals surface area contributed by atoms with Crippen molar-refractivity contribution in [1.29, 1.82) is 0 Å². The predicted octanol–water partition coefficient (Wildman–Crippen LogP) is 1.18. The Morgan fingerprint density at radius 3 is 2.65 bits per heavy atom. The minimum Gasteiger partial charge on any atom is -0.344 e. The number of carbonyl (C=O) groups is 1. The first-order chi connectivity index (χ1) is 12.7. The number of pyridine rings is 1. The van der Waals surface area contributed by atoms with Crippen LogP contribution in [0, 0.1) is 0 Å². The molecule has 0 spiro atoms. The first-order valence-electron chi connectivity index (χ1n) is 8.11. The van der Waals surface area contributed by atoms with Crippen molar-refractivity contribution in [3.63, 3.8) is 0 Å². The monoisotopic (exact) mass is 348 g/mol. The Labute approximate surface area is 148 Å². The normalized spacial score (nSPS) is 13.4. The Morgan fingerprint density at radius 2 is 1.88 bits per heavy atom. The fraction of sp³-hybridized carbons (Fsp3) is 0.176. The van der Waals surface area contributed by atoms with Crippen molar-refractivity contribution < 1.29 is 4.79 Å². The van der Waals surface area contributed by atoms with E-state index in [0.717, 1.165) is 11.2 Å². The van der Waals surface area contributed by atoms with Gasteiger partial charge in [0.05, 0.1) is 6.04 Å². The lowest BCUT2D eigenvalue weighted by Gasteiger charge is -2.19. The van der Waals surface area contributed by atoms with Gasteiger partial charge in [-0.25, -0.2) is 4.68 Å². The largest absolute Gasteiger partial charge is 0.344 e. The molecule has 9 nitrogen and oxygen atoms in total. The second-order valence-electron chi connectivity index (χ2n) is 5.82. The Kier molecular flexibility index (Phi) is 4.10. The van der Waals surface area contributed by atoms with Crippen molar-refractivity contribution in [3.05, 3.63) is 72.4 Å². The van der Waals surface area contributed by atoms with Gasteiger partial charge >= 0.3 is 0 Å².